The predicted octanol–water partition coefficient (Wildman–Crippen LogP) is 2.55. The third-order valence-corrected chi connectivity index (χ3v) is 2.72. The molecule has 3 N–H and O–H groups in total. The fraction of sp³-hybridized carbons (Fsp3) is 0.357. The smallest absolute Gasteiger partial charge is 0.319 e. The summed E-state index contributed by atoms with van der Waals surface area (Å²) >= 11 is 0. The summed E-state index contributed by atoms with van der Waals surface area (Å²) < 4.78 is 0. The number of pyridine rings is 1. The second-order valence-electron chi connectivity index (χ2n) is 6.02. The van der Waals surface area contributed by atoms with Crippen molar-refractivity contribution in [1.29, 1.82) is 0 Å². The molecule has 0 spiro atoms. The average Bonchev–Trinajstić information content (AvgIpc) is 2.44. The zero-order chi connectivity index (χ0) is 17.0. The van der Waals surface area contributed by atoms with Crippen LogP contribution >= 0.6 is 0 Å². The van der Waals surface area contributed by atoms with E-state index in [4.69, 9.17) is 0 Å². The van der Waals surface area contributed by atoms with Crippen molar-refractivity contribution in [3.05, 3.63) is 40.3 Å². The third kappa shape index (κ3) is 4.58. The Balaban J connectivity index is 2.34. The second kappa shape index (κ2) is 6.53. The van der Waals surface area contributed by atoms with Crippen molar-refractivity contribution in [3.63, 3.8) is 0 Å². The van der Waals surface area contributed by atoms with Gasteiger partial charge in [-0.25, -0.2) is 20.4 Å². The number of hydrazine groups is 1. The highest BCUT2D eigenvalue weighted by molar-refractivity contribution is 5.72. The predicted molar refractivity (Wildman–Crippen MR) is 87.5 cm³/mol. The van der Waals surface area contributed by atoms with Gasteiger partial charge >= 0.3 is 5.69 Å². The van der Waals surface area contributed by atoms with Gasteiger partial charge in [0, 0.05) is 11.7 Å². The Morgan fingerprint density at radius 1 is 1.17 bits per heavy atom. The number of hydrogen-bond donors (Lipinski definition) is 3. The molecule has 0 radical (unpaired) electrons. The lowest BCUT2D eigenvalue weighted by atomic mass is 10.1. The van der Waals surface area contributed by atoms with Gasteiger partial charge < -0.3 is 5.32 Å². The maximum Gasteiger partial charge on any atom is 0.354 e. The number of aromatic nitrogens is 3. The number of hydrogen-bond acceptors (Lipinski definition) is 8. The van der Waals surface area contributed by atoms with Crippen LogP contribution in [0.3, 0.4) is 0 Å². The van der Waals surface area contributed by atoms with Gasteiger partial charge in [-0.2, -0.15) is 0 Å². The van der Waals surface area contributed by atoms with E-state index in [-0.39, 0.29) is 22.9 Å². The van der Waals surface area contributed by atoms with Crippen molar-refractivity contribution >= 4 is 23.1 Å². The van der Waals surface area contributed by atoms with Crippen molar-refractivity contribution in [3.8, 4) is 0 Å². The molecule has 9 heteroatoms. The fourth-order valence-corrected chi connectivity index (χ4v) is 1.71. The third-order valence-electron chi connectivity index (χ3n) is 2.72. The average molecular weight is 317 g/mol. The Labute approximate surface area is 133 Å². The number of nitrogens with one attached hydrogen (secondary N) is 3. The Kier molecular flexibility index (Phi) is 4.70. The Hall–Kier alpha value is -2.81. The van der Waals surface area contributed by atoms with Crippen molar-refractivity contribution in [2.45, 2.75) is 33.2 Å². The van der Waals surface area contributed by atoms with Gasteiger partial charge in [-0.1, -0.05) is 0 Å². The zero-order valence-corrected chi connectivity index (χ0v) is 13.4. The van der Waals surface area contributed by atoms with Gasteiger partial charge in [0.15, 0.2) is 0 Å². The van der Waals surface area contributed by atoms with E-state index >= 15 is 0 Å². The first-order valence-corrected chi connectivity index (χ1v) is 6.98. The van der Waals surface area contributed by atoms with Crippen LogP contribution in [0.2, 0.25) is 0 Å². The van der Waals surface area contributed by atoms with Gasteiger partial charge in [0.2, 0.25) is 11.6 Å². The monoisotopic (exact) mass is 317 g/mol. The molecule has 2 aromatic rings. The molecule has 2 heterocycles. The normalized spacial score (nSPS) is 11.1. The molecule has 0 atom stereocenters. The molecule has 0 unspecified atom stereocenters. The Morgan fingerprint density at radius 3 is 2.48 bits per heavy atom. The Bertz CT molecular complexity index is 713. The number of rotatable bonds is 5. The molecule has 0 saturated carbocycles. The van der Waals surface area contributed by atoms with Gasteiger partial charge in [0.25, 0.3) is 0 Å². The lowest BCUT2D eigenvalue weighted by Gasteiger charge is -2.21. The molecule has 0 aliphatic rings. The van der Waals surface area contributed by atoms with Crippen LogP contribution in [0, 0.1) is 17.0 Å². The highest BCUT2D eigenvalue weighted by atomic mass is 16.6. The van der Waals surface area contributed by atoms with Crippen molar-refractivity contribution < 1.29 is 4.92 Å². The maximum atomic E-state index is 11.4. The van der Waals surface area contributed by atoms with Gasteiger partial charge in [-0.3, -0.25) is 15.5 Å². The van der Waals surface area contributed by atoms with E-state index in [0.717, 1.165) is 5.56 Å². The molecule has 0 aromatic carbocycles. The zero-order valence-electron chi connectivity index (χ0n) is 13.4. The van der Waals surface area contributed by atoms with Gasteiger partial charge in [0.1, 0.15) is 12.1 Å². The SMILES string of the molecule is Cc1ccnc(Nc2ncnc(NNC(C)(C)C)c2[N+](=O)[O-])c1. The lowest BCUT2D eigenvalue weighted by Crippen LogP contribution is -2.40. The van der Waals surface area contributed by atoms with E-state index in [1.165, 1.54) is 6.33 Å². The van der Waals surface area contributed by atoms with E-state index in [2.05, 4.69) is 31.1 Å². The highest BCUT2D eigenvalue weighted by Gasteiger charge is 2.24. The first kappa shape index (κ1) is 16.6. The minimum atomic E-state index is -0.537. The first-order chi connectivity index (χ1) is 10.8. The van der Waals surface area contributed by atoms with Crippen molar-refractivity contribution in [2.24, 2.45) is 0 Å². The number of aryl methyl sites for hydroxylation is 1. The van der Waals surface area contributed by atoms with Crippen LogP contribution in [0.1, 0.15) is 26.3 Å². The first-order valence-electron chi connectivity index (χ1n) is 6.98. The van der Waals surface area contributed by atoms with Crippen LogP contribution in [0.4, 0.5) is 23.1 Å². The number of nitro groups is 1. The van der Waals surface area contributed by atoms with Crippen LogP contribution in [0.15, 0.2) is 24.7 Å². The summed E-state index contributed by atoms with van der Waals surface area (Å²) in [4.78, 5) is 22.9. The topological polar surface area (TPSA) is 118 Å². The summed E-state index contributed by atoms with van der Waals surface area (Å²) in [6, 6.07) is 3.60. The fourth-order valence-electron chi connectivity index (χ4n) is 1.71. The molecular weight excluding hydrogens is 298 g/mol. The van der Waals surface area contributed by atoms with Crippen LogP contribution in [-0.4, -0.2) is 25.4 Å². The van der Waals surface area contributed by atoms with Crippen LogP contribution in [0.25, 0.3) is 0 Å². The summed E-state index contributed by atoms with van der Waals surface area (Å²) in [5.74, 6) is 0.623. The van der Waals surface area contributed by atoms with E-state index in [9.17, 15) is 10.1 Å². The van der Waals surface area contributed by atoms with Crippen molar-refractivity contribution in [1.82, 2.24) is 20.4 Å². The summed E-state index contributed by atoms with van der Waals surface area (Å²) in [7, 11) is 0. The molecule has 23 heavy (non-hydrogen) atoms. The largest absolute Gasteiger partial charge is 0.354 e. The van der Waals surface area contributed by atoms with Crippen LogP contribution < -0.4 is 16.2 Å². The molecule has 2 aromatic heterocycles. The standard InChI is InChI=1S/C14H19N7O2/c1-9-5-6-15-10(7-9)18-12-11(21(22)23)13(17-8-16-12)19-20-14(2,3)4/h5-8,20H,1-4H3,(H2,15,16,17,18,19). The lowest BCUT2D eigenvalue weighted by molar-refractivity contribution is -0.383. The van der Waals surface area contributed by atoms with Crippen molar-refractivity contribution in [2.75, 3.05) is 10.7 Å². The molecule has 0 fully saturated rings. The van der Waals surface area contributed by atoms with E-state index in [0.29, 0.717) is 5.82 Å². The molecule has 0 bridgehead atoms. The molecule has 0 aliphatic heterocycles. The highest BCUT2D eigenvalue weighted by Crippen LogP contribution is 2.30. The molecule has 0 saturated heterocycles. The number of anilines is 3. The molecular formula is C14H19N7O2. The van der Waals surface area contributed by atoms with Crippen LogP contribution in [0.5, 0.6) is 0 Å². The van der Waals surface area contributed by atoms with E-state index < -0.39 is 4.92 Å². The molecule has 9 nitrogen and oxygen atoms in total. The quantitative estimate of drug-likeness (QED) is 0.569. The van der Waals surface area contributed by atoms with E-state index in [1.54, 1.807) is 12.3 Å². The summed E-state index contributed by atoms with van der Waals surface area (Å²) in [6.45, 7) is 7.66. The summed E-state index contributed by atoms with van der Waals surface area (Å²) in [5, 5.41) is 14.3. The molecule has 2 rings (SSSR count). The van der Waals surface area contributed by atoms with E-state index in [1.807, 2.05) is 33.8 Å². The molecule has 122 valence electrons. The van der Waals surface area contributed by atoms with Crippen LogP contribution in [-0.2, 0) is 0 Å². The van der Waals surface area contributed by atoms with Gasteiger partial charge in [0.05, 0.1) is 4.92 Å². The van der Waals surface area contributed by atoms with Gasteiger partial charge in [-0.05, 0) is 45.4 Å². The van der Waals surface area contributed by atoms with Gasteiger partial charge in [-0.15, -0.1) is 0 Å². The molecule has 0 amide bonds. The summed E-state index contributed by atoms with van der Waals surface area (Å²) in [6.07, 6.45) is 2.86. The minimum absolute atomic E-state index is 0.0707. The molecule has 0 aliphatic carbocycles. The minimum Gasteiger partial charge on any atom is -0.319 e. The number of nitrogens with zero attached hydrogens (tertiary/aromatic N) is 4. The Morgan fingerprint density at radius 2 is 1.87 bits per heavy atom. The summed E-state index contributed by atoms with van der Waals surface area (Å²) in [5.41, 5.74) is 6.15. The second-order valence-corrected chi connectivity index (χ2v) is 6.02. The maximum absolute atomic E-state index is 11.4.